The number of nitrogens with zero attached hydrogens (tertiary/aromatic N) is 4. The van der Waals surface area contributed by atoms with Crippen molar-refractivity contribution in [2.45, 2.75) is 26.3 Å². The SMILES string of the molecule is Cc1cncc(C(=O)N2CCc3c(c(CCNC(=O)c4ccccc4)nn3C)C2)c1. The van der Waals surface area contributed by atoms with Gasteiger partial charge in [0.25, 0.3) is 11.8 Å². The minimum absolute atomic E-state index is 0.0102. The van der Waals surface area contributed by atoms with Gasteiger partial charge in [0.15, 0.2) is 0 Å². The largest absolute Gasteiger partial charge is 0.352 e. The zero-order chi connectivity index (χ0) is 21.1. The van der Waals surface area contributed by atoms with E-state index in [0.717, 1.165) is 28.9 Å². The first-order valence-corrected chi connectivity index (χ1v) is 10.1. The smallest absolute Gasteiger partial charge is 0.255 e. The summed E-state index contributed by atoms with van der Waals surface area (Å²) >= 11 is 0. The van der Waals surface area contributed by atoms with Crippen molar-refractivity contribution in [1.82, 2.24) is 25.0 Å². The minimum atomic E-state index is -0.0934. The fraction of sp³-hybridized carbons (Fsp3) is 0.304. The zero-order valence-corrected chi connectivity index (χ0v) is 17.3. The highest BCUT2D eigenvalue weighted by atomic mass is 16.2. The molecule has 4 rings (SSSR count). The van der Waals surface area contributed by atoms with Crippen molar-refractivity contribution in [2.75, 3.05) is 13.1 Å². The number of aromatic nitrogens is 3. The van der Waals surface area contributed by atoms with E-state index in [1.54, 1.807) is 24.5 Å². The van der Waals surface area contributed by atoms with E-state index in [1.165, 1.54) is 0 Å². The number of amides is 2. The topological polar surface area (TPSA) is 80.1 Å². The molecule has 1 aromatic carbocycles. The average molecular weight is 403 g/mol. The van der Waals surface area contributed by atoms with Gasteiger partial charge in [0, 0.05) is 68.7 Å². The standard InChI is InChI=1S/C23H25N5O2/c1-16-12-18(14-24-13-16)23(30)28-11-9-21-19(15-28)20(26-27(21)2)8-10-25-22(29)17-6-4-3-5-7-17/h3-7,12-14H,8-11,15H2,1-2H3,(H,25,29). The molecule has 30 heavy (non-hydrogen) atoms. The summed E-state index contributed by atoms with van der Waals surface area (Å²) in [5, 5.41) is 7.61. The van der Waals surface area contributed by atoms with Crippen LogP contribution >= 0.6 is 0 Å². The number of hydrogen-bond donors (Lipinski definition) is 1. The molecule has 2 amide bonds. The zero-order valence-electron chi connectivity index (χ0n) is 17.3. The Morgan fingerprint density at radius 3 is 2.70 bits per heavy atom. The molecule has 0 radical (unpaired) electrons. The van der Waals surface area contributed by atoms with Crippen LogP contribution in [0.1, 0.15) is 43.2 Å². The molecular formula is C23H25N5O2. The number of carbonyl (C=O) groups excluding carboxylic acids is 2. The van der Waals surface area contributed by atoms with Crippen molar-refractivity contribution in [3.63, 3.8) is 0 Å². The van der Waals surface area contributed by atoms with Gasteiger partial charge < -0.3 is 10.2 Å². The summed E-state index contributed by atoms with van der Waals surface area (Å²) in [6.45, 7) is 3.61. The minimum Gasteiger partial charge on any atom is -0.352 e. The van der Waals surface area contributed by atoms with Crippen molar-refractivity contribution in [3.05, 3.63) is 82.4 Å². The number of fused-ring (bicyclic) bond motifs is 1. The van der Waals surface area contributed by atoms with E-state index in [-0.39, 0.29) is 11.8 Å². The van der Waals surface area contributed by atoms with Crippen molar-refractivity contribution in [2.24, 2.45) is 7.05 Å². The second kappa shape index (κ2) is 8.49. The number of carbonyl (C=O) groups is 2. The lowest BCUT2D eigenvalue weighted by atomic mass is 10.0. The first kappa shape index (κ1) is 19.8. The third-order valence-electron chi connectivity index (χ3n) is 5.42. The first-order valence-electron chi connectivity index (χ1n) is 10.1. The molecule has 2 aromatic heterocycles. The molecule has 3 aromatic rings. The lowest BCUT2D eigenvalue weighted by Gasteiger charge is -2.28. The molecule has 154 valence electrons. The van der Waals surface area contributed by atoms with Crippen LogP contribution in [-0.4, -0.2) is 44.6 Å². The van der Waals surface area contributed by atoms with Crippen LogP contribution in [0.25, 0.3) is 0 Å². The monoisotopic (exact) mass is 403 g/mol. The maximum absolute atomic E-state index is 12.9. The molecule has 0 saturated heterocycles. The molecule has 3 heterocycles. The van der Waals surface area contributed by atoms with E-state index in [2.05, 4.69) is 15.4 Å². The van der Waals surface area contributed by atoms with Gasteiger partial charge in [-0.15, -0.1) is 0 Å². The van der Waals surface area contributed by atoms with E-state index in [9.17, 15) is 9.59 Å². The number of pyridine rings is 1. The molecule has 7 heteroatoms. The summed E-state index contributed by atoms with van der Waals surface area (Å²) in [5.41, 5.74) is 5.40. The van der Waals surface area contributed by atoms with Crippen LogP contribution in [0.5, 0.6) is 0 Å². The van der Waals surface area contributed by atoms with Crippen LogP contribution in [0.2, 0.25) is 0 Å². The van der Waals surface area contributed by atoms with Crippen LogP contribution in [0.4, 0.5) is 0 Å². The number of benzene rings is 1. The van der Waals surface area contributed by atoms with Crippen molar-refractivity contribution in [3.8, 4) is 0 Å². The summed E-state index contributed by atoms with van der Waals surface area (Å²) in [4.78, 5) is 31.2. The summed E-state index contributed by atoms with van der Waals surface area (Å²) in [5.74, 6) is -0.104. The van der Waals surface area contributed by atoms with Gasteiger partial charge in [0.05, 0.1) is 11.3 Å². The van der Waals surface area contributed by atoms with Crippen LogP contribution < -0.4 is 5.32 Å². The Bertz CT molecular complexity index is 1070. The average Bonchev–Trinajstić information content (AvgIpc) is 3.08. The quantitative estimate of drug-likeness (QED) is 0.709. The number of aryl methyl sites for hydroxylation is 2. The molecule has 0 unspecified atom stereocenters. The molecule has 0 fully saturated rings. The summed E-state index contributed by atoms with van der Waals surface area (Å²) in [7, 11) is 1.94. The predicted molar refractivity (Wildman–Crippen MR) is 113 cm³/mol. The van der Waals surface area contributed by atoms with Crippen LogP contribution in [0, 0.1) is 6.92 Å². The number of rotatable bonds is 5. The molecule has 0 atom stereocenters. The van der Waals surface area contributed by atoms with Crippen LogP contribution in [-0.2, 0) is 26.4 Å². The lowest BCUT2D eigenvalue weighted by Crippen LogP contribution is -2.36. The number of nitrogens with one attached hydrogen (secondary N) is 1. The molecule has 0 saturated carbocycles. The Balaban J connectivity index is 1.44. The van der Waals surface area contributed by atoms with Gasteiger partial charge in [-0.1, -0.05) is 18.2 Å². The maximum atomic E-state index is 12.9. The molecule has 7 nitrogen and oxygen atoms in total. The highest BCUT2D eigenvalue weighted by Crippen LogP contribution is 2.24. The van der Waals surface area contributed by atoms with E-state index in [0.29, 0.717) is 37.2 Å². The fourth-order valence-electron chi connectivity index (χ4n) is 3.88. The van der Waals surface area contributed by atoms with Crippen LogP contribution in [0.15, 0.2) is 48.8 Å². The van der Waals surface area contributed by atoms with E-state index in [1.807, 2.05) is 47.8 Å². The van der Waals surface area contributed by atoms with Gasteiger partial charge in [-0.25, -0.2) is 0 Å². The van der Waals surface area contributed by atoms with Gasteiger partial charge >= 0.3 is 0 Å². The van der Waals surface area contributed by atoms with Gasteiger partial charge in [-0.3, -0.25) is 19.3 Å². The van der Waals surface area contributed by atoms with Gasteiger partial charge in [0.2, 0.25) is 0 Å². The van der Waals surface area contributed by atoms with Crippen molar-refractivity contribution < 1.29 is 9.59 Å². The van der Waals surface area contributed by atoms with Crippen molar-refractivity contribution in [1.29, 1.82) is 0 Å². The highest BCUT2D eigenvalue weighted by molar-refractivity contribution is 5.94. The Labute approximate surface area is 175 Å². The summed E-state index contributed by atoms with van der Waals surface area (Å²) in [6, 6.07) is 11.0. The predicted octanol–water partition coefficient (Wildman–Crippen LogP) is 2.29. The number of hydrogen-bond acceptors (Lipinski definition) is 4. The van der Waals surface area contributed by atoms with E-state index in [4.69, 9.17) is 0 Å². The highest BCUT2D eigenvalue weighted by Gasteiger charge is 2.27. The van der Waals surface area contributed by atoms with Gasteiger partial charge in [-0.2, -0.15) is 5.10 Å². The Hall–Kier alpha value is -3.48. The summed E-state index contributed by atoms with van der Waals surface area (Å²) in [6.07, 6.45) is 4.75. The van der Waals surface area contributed by atoms with Gasteiger partial charge in [0.1, 0.15) is 0 Å². The van der Waals surface area contributed by atoms with Gasteiger partial charge in [-0.05, 0) is 30.7 Å². The normalized spacial score (nSPS) is 13.1. The summed E-state index contributed by atoms with van der Waals surface area (Å²) < 4.78 is 1.90. The Morgan fingerprint density at radius 2 is 1.93 bits per heavy atom. The molecule has 0 spiro atoms. The second-order valence-electron chi connectivity index (χ2n) is 7.60. The molecule has 1 aliphatic heterocycles. The Kier molecular flexibility index (Phi) is 5.61. The molecule has 0 aliphatic carbocycles. The fourth-order valence-corrected chi connectivity index (χ4v) is 3.88. The van der Waals surface area contributed by atoms with Crippen molar-refractivity contribution >= 4 is 11.8 Å². The van der Waals surface area contributed by atoms with E-state index < -0.39 is 0 Å². The Morgan fingerprint density at radius 1 is 1.13 bits per heavy atom. The van der Waals surface area contributed by atoms with Crippen LogP contribution in [0.3, 0.4) is 0 Å². The third kappa shape index (κ3) is 4.10. The third-order valence-corrected chi connectivity index (χ3v) is 5.42. The maximum Gasteiger partial charge on any atom is 0.255 e. The molecule has 1 aliphatic rings. The molecular weight excluding hydrogens is 378 g/mol. The molecule has 1 N–H and O–H groups in total. The molecule has 0 bridgehead atoms. The van der Waals surface area contributed by atoms with E-state index >= 15 is 0 Å². The second-order valence-corrected chi connectivity index (χ2v) is 7.60. The first-order chi connectivity index (χ1) is 14.5. The lowest BCUT2D eigenvalue weighted by molar-refractivity contribution is 0.0732.